The van der Waals surface area contributed by atoms with E-state index in [1.165, 1.54) is 74.7 Å². The van der Waals surface area contributed by atoms with E-state index < -0.39 is 0 Å². The number of benzene rings is 9. The van der Waals surface area contributed by atoms with Gasteiger partial charge in [0.05, 0.1) is 11.0 Å². The van der Waals surface area contributed by atoms with E-state index in [4.69, 9.17) is 4.98 Å². The van der Waals surface area contributed by atoms with Crippen LogP contribution in [0.1, 0.15) is 0 Å². The minimum Gasteiger partial charge on any atom is -0.292 e. The summed E-state index contributed by atoms with van der Waals surface area (Å²) in [5, 5.41) is 10.3. The Bertz CT molecular complexity index is 3110. The van der Waals surface area contributed by atoms with Gasteiger partial charge in [-0.3, -0.25) is 4.57 Å². The molecule has 11 aromatic rings. The largest absolute Gasteiger partial charge is 0.292 e. The van der Waals surface area contributed by atoms with Crippen molar-refractivity contribution >= 4 is 74.9 Å². The lowest BCUT2D eigenvalue weighted by Gasteiger charge is -2.18. The van der Waals surface area contributed by atoms with Gasteiger partial charge in [0.15, 0.2) is 0 Å². The molecule has 52 heavy (non-hydrogen) atoms. The van der Waals surface area contributed by atoms with Gasteiger partial charge in [0.2, 0.25) is 0 Å². The summed E-state index contributed by atoms with van der Waals surface area (Å²) in [6, 6.07) is 66.1. The molecular weight excluding hydrogens is 649 g/mol. The highest BCUT2D eigenvalue weighted by Gasteiger charge is 2.19. The second-order valence-corrected chi connectivity index (χ2v) is 14.5. The fourth-order valence-electron chi connectivity index (χ4n) is 8.26. The van der Waals surface area contributed by atoms with E-state index in [-0.39, 0.29) is 0 Å². The number of para-hydroxylation sites is 2. The van der Waals surface area contributed by atoms with E-state index in [1.54, 1.807) is 0 Å². The Morgan fingerprint density at radius 3 is 1.71 bits per heavy atom. The quantitative estimate of drug-likeness (QED) is 0.169. The van der Waals surface area contributed by atoms with Crippen LogP contribution < -0.4 is 0 Å². The number of hydrogen-bond acceptors (Lipinski definition) is 2. The number of hydrogen-bond donors (Lipinski definition) is 0. The maximum Gasteiger partial charge on any atom is 0.145 e. The monoisotopic (exact) mass is 678 g/mol. The average Bonchev–Trinajstić information content (AvgIpc) is 3.79. The molecule has 0 aliphatic heterocycles. The summed E-state index contributed by atoms with van der Waals surface area (Å²) in [7, 11) is 0. The van der Waals surface area contributed by atoms with E-state index in [1.807, 2.05) is 11.3 Å². The molecule has 0 spiro atoms. The molecule has 0 saturated carbocycles. The molecule has 11 rings (SSSR count). The highest BCUT2D eigenvalue weighted by atomic mass is 32.1. The van der Waals surface area contributed by atoms with Crippen molar-refractivity contribution < 1.29 is 0 Å². The molecule has 0 radical (unpaired) electrons. The van der Waals surface area contributed by atoms with Crippen LogP contribution in [-0.4, -0.2) is 9.55 Å². The molecule has 9 aromatic carbocycles. The Morgan fingerprint density at radius 1 is 0.404 bits per heavy atom. The SMILES string of the molecule is c1ccc(-c2nc3ccccc3n2-c2ccc(-c3c4ccccc4c(-c4ccc5c(c4)sc4c6ccccc6ccc54)c4ccccc34)cc2)cc1. The lowest BCUT2D eigenvalue weighted by molar-refractivity contribution is 1.10. The van der Waals surface area contributed by atoms with Gasteiger partial charge in [-0.1, -0.05) is 152 Å². The zero-order valence-corrected chi connectivity index (χ0v) is 28.9. The van der Waals surface area contributed by atoms with Crippen molar-refractivity contribution in [3.63, 3.8) is 0 Å². The lowest BCUT2D eigenvalue weighted by atomic mass is 9.86. The average molecular weight is 679 g/mol. The van der Waals surface area contributed by atoms with Crippen LogP contribution >= 0.6 is 11.3 Å². The van der Waals surface area contributed by atoms with Gasteiger partial charge >= 0.3 is 0 Å². The Morgan fingerprint density at radius 2 is 0.981 bits per heavy atom. The minimum absolute atomic E-state index is 0.943. The molecular formula is C49H30N2S. The summed E-state index contributed by atoms with van der Waals surface area (Å²) in [5.41, 5.74) is 9.25. The van der Waals surface area contributed by atoms with Crippen LogP contribution in [0.5, 0.6) is 0 Å². The minimum atomic E-state index is 0.943. The molecule has 0 bridgehead atoms. The molecule has 0 amide bonds. The van der Waals surface area contributed by atoms with Gasteiger partial charge < -0.3 is 0 Å². The van der Waals surface area contributed by atoms with Crippen molar-refractivity contribution in [3.05, 3.63) is 182 Å². The number of rotatable bonds is 4. The highest BCUT2D eigenvalue weighted by Crippen LogP contribution is 2.46. The first kappa shape index (κ1) is 29.2. The first-order valence-corrected chi connectivity index (χ1v) is 18.5. The van der Waals surface area contributed by atoms with Gasteiger partial charge in [0.25, 0.3) is 0 Å². The van der Waals surface area contributed by atoms with Crippen molar-refractivity contribution in [2.24, 2.45) is 0 Å². The van der Waals surface area contributed by atoms with E-state index in [0.29, 0.717) is 0 Å². The van der Waals surface area contributed by atoms with Crippen molar-refractivity contribution in [1.29, 1.82) is 0 Å². The van der Waals surface area contributed by atoms with Gasteiger partial charge in [-0.15, -0.1) is 11.3 Å². The van der Waals surface area contributed by atoms with Gasteiger partial charge in [-0.2, -0.15) is 0 Å². The second-order valence-electron chi connectivity index (χ2n) is 13.5. The molecule has 0 atom stereocenters. The predicted molar refractivity (Wildman–Crippen MR) is 223 cm³/mol. The van der Waals surface area contributed by atoms with Gasteiger partial charge in [-0.25, -0.2) is 4.98 Å². The van der Waals surface area contributed by atoms with Crippen LogP contribution in [0, 0.1) is 0 Å². The summed E-state index contributed by atoms with van der Waals surface area (Å²) in [6.45, 7) is 0. The molecule has 0 unspecified atom stereocenters. The van der Waals surface area contributed by atoms with Crippen LogP contribution in [-0.2, 0) is 0 Å². The Kier molecular flexibility index (Phi) is 6.46. The first-order chi connectivity index (χ1) is 25.8. The molecule has 3 heteroatoms. The Hall–Kier alpha value is -6.55. The Balaban J connectivity index is 1.10. The summed E-state index contributed by atoms with van der Waals surface area (Å²) in [6.07, 6.45) is 0. The van der Waals surface area contributed by atoms with Crippen LogP contribution in [0.2, 0.25) is 0 Å². The Labute approximate surface area is 304 Å². The molecule has 0 saturated heterocycles. The van der Waals surface area contributed by atoms with Crippen LogP contribution in [0.25, 0.3) is 103 Å². The number of fused-ring (bicyclic) bond motifs is 8. The van der Waals surface area contributed by atoms with Crippen LogP contribution in [0.4, 0.5) is 0 Å². The number of aromatic nitrogens is 2. The molecule has 0 N–H and O–H groups in total. The molecule has 0 fully saturated rings. The van der Waals surface area contributed by atoms with Crippen LogP contribution in [0.15, 0.2) is 182 Å². The molecule has 2 aromatic heterocycles. The van der Waals surface area contributed by atoms with E-state index in [9.17, 15) is 0 Å². The third kappa shape index (κ3) is 4.40. The fourth-order valence-corrected chi connectivity index (χ4v) is 9.53. The van der Waals surface area contributed by atoms with Crippen LogP contribution in [0.3, 0.4) is 0 Å². The summed E-state index contributed by atoms with van der Waals surface area (Å²) in [5.74, 6) is 0.943. The molecule has 2 heterocycles. The maximum absolute atomic E-state index is 5.07. The number of thiophene rings is 1. The van der Waals surface area contributed by atoms with Crippen molar-refractivity contribution in [2.45, 2.75) is 0 Å². The smallest absolute Gasteiger partial charge is 0.145 e. The van der Waals surface area contributed by atoms with E-state index in [2.05, 4.69) is 187 Å². The van der Waals surface area contributed by atoms with Gasteiger partial charge in [-0.05, 0) is 84.9 Å². The molecule has 0 aliphatic carbocycles. The number of nitrogens with zero attached hydrogens (tertiary/aromatic N) is 2. The van der Waals surface area contributed by atoms with E-state index in [0.717, 1.165) is 28.1 Å². The molecule has 242 valence electrons. The highest BCUT2D eigenvalue weighted by molar-refractivity contribution is 7.26. The summed E-state index contributed by atoms with van der Waals surface area (Å²) >= 11 is 1.90. The third-order valence-electron chi connectivity index (χ3n) is 10.6. The van der Waals surface area contributed by atoms with E-state index >= 15 is 0 Å². The van der Waals surface area contributed by atoms with Gasteiger partial charge in [0, 0.05) is 31.4 Å². The second kappa shape index (κ2) is 11.5. The zero-order chi connectivity index (χ0) is 34.2. The fraction of sp³-hybridized carbons (Fsp3) is 0. The first-order valence-electron chi connectivity index (χ1n) is 17.7. The zero-order valence-electron chi connectivity index (χ0n) is 28.1. The summed E-state index contributed by atoms with van der Waals surface area (Å²) in [4.78, 5) is 5.07. The normalized spacial score (nSPS) is 11.8. The maximum atomic E-state index is 5.07. The molecule has 2 nitrogen and oxygen atoms in total. The summed E-state index contributed by atoms with van der Waals surface area (Å²) < 4.78 is 4.96. The predicted octanol–water partition coefficient (Wildman–Crippen LogP) is 13.9. The molecule has 0 aliphatic rings. The standard InChI is InChI=1S/C49H30N2S/c1-2-13-33(14-3-1)49-50-43-20-10-11-21-44(43)51(49)35-26-22-32(23-27-35)46-38-16-6-8-18-40(38)47(41-19-9-7-17-39(41)46)34-25-28-37-42-29-24-31-12-4-5-15-36(31)48(42)52-45(37)30-34/h1-30H. The van der Waals surface area contributed by atoms with Crippen molar-refractivity contribution in [2.75, 3.05) is 0 Å². The lowest BCUT2D eigenvalue weighted by Crippen LogP contribution is -1.97. The third-order valence-corrected chi connectivity index (χ3v) is 11.8. The number of imidazole rings is 1. The van der Waals surface area contributed by atoms with Gasteiger partial charge in [0.1, 0.15) is 5.82 Å². The van der Waals surface area contributed by atoms with Crippen molar-refractivity contribution in [1.82, 2.24) is 9.55 Å². The van der Waals surface area contributed by atoms with Crippen molar-refractivity contribution in [3.8, 4) is 39.3 Å². The topological polar surface area (TPSA) is 17.8 Å².